The Labute approximate surface area is 145 Å². The zero-order valence-corrected chi connectivity index (χ0v) is 14.6. The van der Waals surface area contributed by atoms with E-state index in [-0.39, 0.29) is 11.9 Å². The summed E-state index contributed by atoms with van der Waals surface area (Å²) in [6.07, 6.45) is 4.41. The Morgan fingerprint density at radius 1 is 1.42 bits per heavy atom. The normalized spacial score (nSPS) is 16.8. The average Bonchev–Trinajstić information content (AvgIpc) is 3.28. The molecule has 6 nitrogen and oxygen atoms in total. The second-order valence-electron chi connectivity index (χ2n) is 5.79. The number of hydrogen-bond donors (Lipinski definition) is 0. The zero-order chi connectivity index (χ0) is 16.9. The summed E-state index contributed by atoms with van der Waals surface area (Å²) in [6.45, 7) is 5.17. The SMILES string of the molecule is CCc1nccn1CC(=O)N1CCN([C@@H](C#N)c2cccs2)CC1. The minimum Gasteiger partial charge on any atom is -0.339 e. The van der Waals surface area contributed by atoms with Crippen LogP contribution in [0.5, 0.6) is 0 Å². The average molecular weight is 343 g/mol. The zero-order valence-electron chi connectivity index (χ0n) is 13.8. The first-order valence-corrected chi connectivity index (χ1v) is 9.05. The maximum Gasteiger partial charge on any atom is 0.242 e. The van der Waals surface area contributed by atoms with Crippen LogP contribution in [0.25, 0.3) is 0 Å². The van der Waals surface area contributed by atoms with Crippen LogP contribution in [0.3, 0.4) is 0 Å². The van der Waals surface area contributed by atoms with Crippen molar-refractivity contribution in [2.75, 3.05) is 26.2 Å². The largest absolute Gasteiger partial charge is 0.339 e. The topological polar surface area (TPSA) is 65.2 Å². The van der Waals surface area contributed by atoms with E-state index in [0.717, 1.165) is 30.2 Å². The van der Waals surface area contributed by atoms with Crippen molar-refractivity contribution in [3.05, 3.63) is 40.6 Å². The van der Waals surface area contributed by atoms with Gasteiger partial charge in [0.2, 0.25) is 5.91 Å². The van der Waals surface area contributed by atoms with E-state index in [1.165, 1.54) is 0 Å². The van der Waals surface area contributed by atoms with E-state index in [1.807, 2.05) is 40.1 Å². The molecule has 0 bridgehead atoms. The third kappa shape index (κ3) is 3.50. The lowest BCUT2D eigenvalue weighted by Crippen LogP contribution is -2.50. The highest BCUT2D eigenvalue weighted by molar-refractivity contribution is 7.10. The van der Waals surface area contributed by atoms with Crippen LogP contribution in [-0.2, 0) is 17.8 Å². The Hall–Kier alpha value is -2.17. The number of aryl methyl sites for hydroxylation is 1. The van der Waals surface area contributed by atoms with Crippen LogP contribution in [0.15, 0.2) is 29.9 Å². The lowest BCUT2D eigenvalue weighted by molar-refractivity contribution is -0.133. The van der Waals surface area contributed by atoms with E-state index in [0.29, 0.717) is 19.6 Å². The van der Waals surface area contributed by atoms with E-state index < -0.39 is 0 Å². The van der Waals surface area contributed by atoms with Crippen molar-refractivity contribution < 1.29 is 4.79 Å². The number of rotatable bonds is 5. The van der Waals surface area contributed by atoms with Crippen molar-refractivity contribution in [2.24, 2.45) is 0 Å². The second kappa shape index (κ2) is 7.60. The quantitative estimate of drug-likeness (QED) is 0.832. The molecule has 24 heavy (non-hydrogen) atoms. The molecule has 0 spiro atoms. The van der Waals surface area contributed by atoms with Gasteiger partial charge in [-0.25, -0.2) is 4.98 Å². The molecule has 1 saturated heterocycles. The number of thiophene rings is 1. The van der Waals surface area contributed by atoms with Crippen LogP contribution in [0, 0.1) is 11.3 Å². The van der Waals surface area contributed by atoms with Crippen LogP contribution >= 0.6 is 11.3 Å². The molecule has 3 heterocycles. The third-order valence-electron chi connectivity index (χ3n) is 4.39. The molecule has 0 aromatic carbocycles. The summed E-state index contributed by atoms with van der Waals surface area (Å²) in [4.78, 5) is 21.9. The van der Waals surface area contributed by atoms with Gasteiger partial charge in [0.15, 0.2) is 0 Å². The highest BCUT2D eigenvalue weighted by Crippen LogP contribution is 2.25. The van der Waals surface area contributed by atoms with Gasteiger partial charge in [-0.2, -0.15) is 5.26 Å². The maximum absolute atomic E-state index is 12.5. The molecule has 0 radical (unpaired) electrons. The van der Waals surface area contributed by atoms with Crippen molar-refractivity contribution in [2.45, 2.75) is 25.9 Å². The van der Waals surface area contributed by atoms with Crippen LogP contribution in [-0.4, -0.2) is 51.4 Å². The maximum atomic E-state index is 12.5. The Bertz CT molecular complexity index is 710. The predicted octanol–water partition coefficient (Wildman–Crippen LogP) is 1.92. The van der Waals surface area contributed by atoms with Gasteiger partial charge < -0.3 is 9.47 Å². The van der Waals surface area contributed by atoms with Crippen LogP contribution in [0.1, 0.15) is 23.7 Å². The predicted molar refractivity (Wildman–Crippen MR) is 92.4 cm³/mol. The molecule has 2 aromatic rings. The first kappa shape index (κ1) is 16.7. The number of carbonyl (C=O) groups is 1. The second-order valence-corrected chi connectivity index (χ2v) is 6.77. The Morgan fingerprint density at radius 3 is 2.83 bits per heavy atom. The van der Waals surface area contributed by atoms with E-state index in [1.54, 1.807) is 17.5 Å². The molecule has 0 saturated carbocycles. The Balaban J connectivity index is 1.57. The Kier molecular flexibility index (Phi) is 5.28. The van der Waals surface area contributed by atoms with E-state index in [9.17, 15) is 10.1 Å². The molecule has 3 rings (SSSR count). The smallest absolute Gasteiger partial charge is 0.242 e. The monoisotopic (exact) mass is 343 g/mol. The summed E-state index contributed by atoms with van der Waals surface area (Å²) in [5, 5.41) is 11.5. The number of nitriles is 1. The molecule has 1 atom stereocenters. The number of aromatic nitrogens is 2. The third-order valence-corrected chi connectivity index (χ3v) is 5.32. The lowest BCUT2D eigenvalue weighted by atomic mass is 10.2. The number of imidazole rings is 1. The molecule has 0 N–H and O–H groups in total. The van der Waals surface area contributed by atoms with Gasteiger partial charge in [-0.1, -0.05) is 13.0 Å². The summed E-state index contributed by atoms with van der Waals surface area (Å²) < 4.78 is 1.92. The number of carbonyl (C=O) groups excluding carboxylic acids is 1. The molecule has 0 unspecified atom stereocenters. The van der Waals surface area contributed by atoms with Crippen molar-refractivity contribution in [1.29, 1.82) is 5.26 Å². The molecule has 1 amide bonds. The van der Waals surface area contributed by atoms with Gasteiger partial charge in [-0.05, 0) is 11.4 Å². The highest BCUT2D eigenvalue weighted by atomic mass is 32.1. The molecular weight excluding hydrogens is 322 g/mol. The van der Waals surface area contributed by atoms with Crippen molar-refractivity contribution in [1.82, 2.24) is 19.4 Å². The fourth-order valence-electron chi connectivity index (χ4n) is 3.05. The lowest BCUT2D eigenvalue weighted by Gasteiger charge is -2.36. The first-order valence-electron chi connectivity index (χ1n) is 8.17. The van der Waals surface area contributed by atoms with E-state index >= 15 is 0 Å². The van der Waals surface area contributed by atoms with Crippen LogP contribution in [0.2, 0.25) is 0 Å². The molecule has 2 aromatic heterocycles. The number of amides is 1. The Morgan fingerprint density at radius 2 is 2.21 bits per heavy atom. The van der Waals surface area contributed by atoms with Gasteiger partial charge in [-0.15, -0.1) is 11.3 Å². The summed E-state index contributed by atoms with van der Waals surface area (Å²) >= 11 is 1.61. The minimum atomic E-state index is -0.206. The number of hydrogen-bond acceptors (Lipinski definition) is 5. The standard InChI is InChI=1S/C17H21N5OS/c1-2-16-19-5-6-22(16)13-17(23)21-9-7-20(8-10-21)14(12-18)15-4-3-11-24-15/h3-6,11,14H,2,7-10,13H2,1H3/t14-/m0/s1. The summed E-state index contributed by atoms with van der Waals surface area (Å²) in [5.74, 6) is 1.05. The fourth-order valence-corrected chi connectivity index (χ4v) is 3.85. The van der Waals surface area contributed by atoms with Gasteiger partial charge in [0.25, 0.3) is 0 Å². The molecular formula is C17H21N5OS. The van der Waals surface area contributed by atoms with E-state index in [2.05, 4.69) is 16.0 Å². The number of piperazine rings is 1. The van der Waals surface area contributed by atoms with Gasteiger partial charge in [-0.3, -0.25) is 9.69 Å². The molecule has 1 aliphatic heterocycles. The molecule has 1 aliphatic rings. The highest BCUT2D eigenvalue weighted by Gasteiger charge is 2.27. The van der Waals surface area contributed by atoms with Gasteiger partial charge in [0.1, 0.15) is 18.4 Å². The summed E-state index contributed by atoms with van der Waals surface area (Å²) in [6, 6.07) is 6.16. The fraction of sp³-hybridized carbons (Fsp3) is 0.471. The van der Waals surface area contributed by atoms with Crippen molar-refractivity contribution in [3.63, 3.8) is 0 Å². The molecule has 0 aliphatic carbocycles. The first-order chi connectivity index (χ1) is 11.7. The summed E-state index contributed by atoms with van der Waals surface area (Å²) in [7, 11) is 0. The summed E-state index contributed by atoms with van der Waals surface area (Å²) in [5.41, 5.74) is 0. The minimum absolute atomic E-state index is 0.118. The van der Waals surface area contributed by atoms with Crippen LogP contribution in [0.4, 0.5) is 0 Å². The van der Waals surface area contributed by atoms with Crippen LogP contribution < -0.4 is 0 Å². The van der Waals surface area contributed by atoms with E-state index in [4.69, 9.17) is 0 Å². The van der Waals surface area contributed by atoms with Crippen molar-refractivity contribution >= 4 is 17.2 Å². The number of nitrogens with zero attached hydrogens (tertiary/aromatic N) is 5. The molecule has 7 heteroatoms. The van der Waals surface area contributed by atoms with Gasteiger partial charge in [0.05, 0.1) is 6.07 Å². The van der Waals surface area contributed by atoms with Crippen molar-refractivity contribution in [3.8, 4) is 6.07 Å². The molecule has 126 valence electrons. The van der Waals surface area contributed by atoms with Gasteiger partial charge in [0, 0.05) is 49.9 Å². The molecule has 1 fully saturated rings. The van der Waals surface area contributed by atoms with Gasteiger partial charge >= 0.3 is 0 Å².